The second-order valence-electron chi connectivity index (χ2n) is 12.0. The number of aromatic nitrogens is 3. The minimum absolute atomic E-state index is 0.0769. The summed E-state index contributed by atoms with van der Waals surface area (Å²) in [7, 11) is 0. The van der Waals surface area contributed by atoms with E-state index < -0.39 is 26.7 Å². The van der Waals surface area contributed by atoms with Gasteiger partial charge >= 0.3 is 241 Å². The number of amides is 1. The number of carbonyl (C=O) groups is 1. The van der Waals surface area contributed by atoms with Gasteiger partial charge in [0, 0.05) is 0 Å². The predicted octanol–water partition coefficient (Wildman–Crippen LogP) is 6.27. The fourth-order valence-electron chi connectivity index (χ4n) is 5.29. The molecule has 3 heterocycles. The molecule has 1 aliphatic heterocycles. The van der Waals surface area contributed by atoms with Crippen LogP contribution in [0.5, 0.6) is 0 Å². The maximum atomic E-state index is 12.8. The molecule has 1 fully saturated rings. The van der Waals surface area contributed by atoms with Crippen molar-refractivity contribution in [3.8, 4) is 0 Å². The number of nitrogens with zero attached hydrogens (tertiary/aromatic N) is 4. The van der Waals surface area contributed by atoms with E-state index in [1.165, 1.54) is 67.2 Å². The van der Waals surface area contributed by atoms with E-state index in [0.29, 0.717) is 23.1 Å². The van der Waals surface area contributed by atoms with Gasteiger partial charge in [0.15, 0.2) is 0 Å². The van der Waals surface area contributed by atoms with Crippen LogP contribution >= 0.6 is 0 Å². The van der Waals surface area contributed by atoms with Crippen LogP contribution in [0.3, 0.4) is 0 Å². The number of rotatable bonds is 13. The molecule has 1 unspecified atom stereocenters. The molecular weight excluding hydrogens is 583 g/mol. The van der Waals surface area contributed by atoms with E-state index in [4.69, 9.17) is 14.5 Å². The molecule has 8 heteroatoms. The number of ether oxygens (including phenoxy) is 2. The average molecular weight is 633 g/mol. The molecule has 0 saturated carbocycles. The number of unbranched alkanes of at least 4 members (excludes halogenated alkanes) is 3. The molecule has 1 aliphatic rings. The van der Waals surface area contributed by atoms with Gasteiger partial charge in [0.25, 0.3) is 0 Å². The summed E-state index contributed by atoms with van der Waals surface area (Å²) in [6.45, 7) is 16.4. The number of aryl methyl sites for hydroxylation is 1. The molecule has 7 nitrogen and oxygen atoms in total. The molecule has 2 radical (unpaired) electrons. The number of hydrogen-bond donors (Lipinski definition) is 0. The van der Waals surface area contributed by atoms with Gasteiger partial charge in [-0.3, -0.25) is 0 Å². The van der Waals surface area contributed by atoms with Gasteiger partial charge in [0.2, 0.25) is 0 Å². The first-order valence-corrected chi connectivity index (χ1v) is 17.7. The Morgan fingerprint density at radius 1 is 1.11 bits per heavy atom. The molecule has 1 amide bonds. The Hall–Kier alpha value is -1.35. The summed E-state index contributed by atoms with van der Waals surface area (Å²) < 4.78 is 15.9. The van der Waals surface area contributed by atoms with Gasteiger partial charge in [0.05, 0.1) is 0 Å². The van der Waals surface area contributed by atoms with Gasteiger partial charge in [-0.1, -0.05) is 0 Å². The fourth-order valence-corrected chi connectivity index (χ4v) is 10.8. The Bertz CT molecular complexity index is 1010. The van der Waals surface area contributed by atoms with Crippen molar-refractivity contribution in [2.75, 3.05) is 19.7 Å². The van der Waals surface area contributed by atoms with Crippen LogP contribution < -0.4 is 3.71 Å². The Balaban J connectivity index is 1.92. The van der Waals surface area contributed by atoms with Crippen molar-refractivity contribution < 1.29 is 14.3 Å². The first-order chi connectivity index (χ1) is 18.1. The van der Waals surface area contributed by atoms with Crippen LogP contribution in [-0.4, -0.2) is 77.9 Å². The number of hydrogen-bond acceptors (Lipinski definition) is 5. The van der Waals surface area contributed by atoms with Crippen molar-refractivity contribution in [2.24, 2.45) is 0 Å². The molecule has 2 aromatic heterocycles. The third-order valence-electron chi connectivity index (χ3n) is 7.37. The molecule has 0 aliphatic carbocycles. The van der Waals surface area contributed by atoms with Crippen LogP contribution in [0, 0.1) is 6.92 Å². The van der Waals surface area contributed by atoms with Crippen LogP contribution in [0.1, 0.15) is 111 Å². The molecule has 0 spiro atoms. The predicted molar refractivity (Wildman–Crippen MR) is 156 cm³/mol. The number of carbonyl (C=O) groups excluding carboxylic acids is 1. The summed E-state index contributed by atoms with van der Waals surface area (Å²) in [5.74, 6) is 0. The first-order valence-electron chi connectivity index (χ1n) is 14.8. The molecule has 1 atom stereocenters. The van der Waals surface area contributed by atoms with Crippen molar-refractivity contribution in [1.29, 1.82) is 0 Å². The van der Waals surface area contributed by atoms with E-state index in [1.54, 1.807) is 4.90 Å². The van der Waals surface area contributed by atoms with Gasteiger partial charge in [-0.05, 0) is 0 Å². The molecule has 0 aromatic carbocycles. The Morgan fingerprint density at radius 3 is 2.32 bits per heavy atom. The third kappa shape index (κ3) is 8.83. The number of imidazole rings is 1. The van der Waals surface area contributed by atoms with Gasteiger partial charge in [-0.15, -0.1) is 0 Å². The van der Waals surface area contributed by atoms with Crippen LogP contribution in [0.4, 0.5) is 4.79 Å². The zero-order valence-electron chi connectivity index (χ0n) is 24.9. The number of morpholine rings is 1. The fraction of sp³-hybridized carbons (Fsp3) is 0.767. The molecule has 0 bridgehead atoms. The summed E-state index contributed by atoms with van der Waals surface area (Å²) in [5.41, 5.74) is 2.74. The number of fused-ring (bicyclic) bond motifs is 1. The van der Waals surface area contributed by atoms with Crippen LogP contribution in [0.15, 0.2) is 12.4 Å². The Labute approximate surface area is 240 Å². The van der Waals surface area contributed by atoms with Crippen molar-refractivity contribution in [1.82, 2.24) is 19.3 Å². The van der Waals surface area contributed by atoms with E-state index in [1.807, 2.05) is 34.0 Å². The van der Waals surface area contributed by atoms with Crippen LogP contribution in [-0.2, 0) is 15.9 Å². The van der Waals surface area contributed by atoms with E-state index in [9.17, 15) is 4.79 Å². The molecule has 38 heavy (non-hydrogen) atoms. The molecular formula is C30H50N4O3Sn. The Kier molecular flexibility index (Phi) is 11.8. The SMILES string of the molecule is CCCC[C](CCCC)(CCCC)[Sn][c]1nc2cc(C)ncn2c1CC1CN(C(=O)OC(C)(C)C)CCO1. The summed E-state index contributed by atoms with van der Waals surface area (Å²) in [6.07, 6.45) is 14.0. The van der Waals surface area contributed by atoms with Gasteiger partial charge in [0.1, 0.15) is 0 Å². The zero-order chi connectivity index (χ0) is 27.8. The van der Waals surface area contributed by atoms with Crippen molar-refractivity contribution >= 4 is 36.6 Å². The van der Waals surface area contributed by atoms with Crippen molar-refractivity contribution in [3.05, 3.63) is 23.8 Å². The topological polar surface area (TPSA) is 69.0 Å². The molecule has 212 valence electrons. The Morgan fingerprint density at radius 2 is 1.74 bits per heavy atom. The van der Waals surface area contributed by atoms with Gasteiger partial charge in [-0.2, -0.15) is 0 Å². The normalized spacial score (nSPS) is 16.8. The van der Waals surface area contributed by atoms with E-state index in [-0.39, 0.29) is 12.2 Å². The summed E-state index contributed by atoms with van der Waals surface area (Å²) >= 11 is -1.06. The second-order valence-corrected chi connectivity index (χ2v) is 17.1. The van der Waals surface area contributed by atoms with Crippen LogP contribution in [0.25, 0.3) is 5.65 Å². The molecule has 0 N–H and O–H groups in total. The van der Waals surface area contributed by atoms with E-state index >= 15 is 0 Å². The maximum absolute atomic E-state index is 12.8. The molecule has 2 aromatic rings. The monoisotopic (exact) mass is 634 g/mol. The summed E-state index contributed by atoms with van der Waals surface area (Å²) in [6, 6.07) is 2.10. The standard InChI is InChI=1S/C17H23N4O3.C13H27.Sn/c1-12-7-15-18-9-13(21(15)11-19-12)8-14-10-20(5-6-23-14)16(22)24-17(2,3)4;1-4-7-10-13(11-8-5-2)12-9-6-3;/h7,11,14H,5-6,8,10H2,1-4H3;4-12H2,1-3H3;. The molecule has 3 rings (SSSR count). The van der Waals surface area contributed by atoms with Crippen molar-refractivity contribution in [3.63, 3.8) is 0 Å². The van der Waals surface area contributed by atoms with Crippen LogP contribution in [0.2, 0.25) is 3.43 Å². The quantitative estimate of drug-likeness (QED) is 0.243. The second kappa shape index (κ2) is 14.3. The first kappa shape index (κ1) is 31.2. The summed E-state index contributed by atoms with van der Waals surface area (Å²) in [5, 5.41) is 0. The zero-order valence-corrected chi connectivity index (χ0v) is 27.8. The van der Waals surface area contributed by atoms with Gasteiger partial charge in [-0.25, -0.2) is 0 Å². The van der Waals surface area contributed by atoms with Crippen molar-refractivity contribution in [2.45, 2.75) is 128 Å². The average Bonchev–Trinajstić information content (AvgIpc) is 3.19. The minimum atomic E-state index is -1.06. The van der Waals surface area contributed by atoms with E-state index in [2.05, 4.69) is 36.2 Å². The molecule has 1 saturated heterocycles. The van der Waals surface area contributed by atoms with Gasteiger partial charge < -0.3 is 0 Å². The summed E-state index contributed by atoms with van der Waals surface area (Å²) in [4.78, 5) is 24.5. The third-order valence-corrected chi connectivity index (χ3v) is 12.8. The van der Waals surface area contributed by atoms with E-state index in [0.717, 1.165) is 17.8 Å².